The minimum Gasteiger partial charge on any atom is -0.367 e. The lowest BCUT2D eigenvalue weighted by molar-refractivity contribution is 0.620. The summed E-state index contributed by atoms with van der Waals surface area (Å²) in [6, 6.07) is 13.3. The molecule has 1 atom stereocenters. The van der Waals surface area contributed by atoms with E-state index in [1.807, 2.05) is 13.0 Å². The number of halogens is 1. The first-order valence-corrected chi connectivity index (χ1v) is 7.02. The second-order valence-electron chi connectivity index (χ2n) is 5.43. The zero-order chi connectivity index (χ0) is 14.1. The van der Waals surface area contributed by atoms with Gasteiger partial charge < -0.3 is 10.6 Å². The number of anilines is 1. The highest BCUT2D eigenvalue weighted by Gasteiger charge is 2.19. The Kier molecular flexibility index (Phi) is 3.45. The number of benzene rings is 2. The van der Waals surface area contributed by atoms with Crippen LogP contribution in [0.25, 0.3) is 0 Å². The van der Waals surface area contributed by atoms with Gasteiger partial charge >= 0.3 is 0 Å². The van der Waals surface area contributed by atoms with Crippen LogP contribution in [0.5, 0.6) is 0 Å². The van der Waals surface area contributed by atoms with Crippen LogP contribution >= 0.6 is 0 Å². The van der Waals surface area contributed by atoms with Crippen molar-refractivity contribution in [1.29, 1.82) is 0 Å². The number of hydrogen-bond donors (Lipinski definition) is 1. The molecule has 0 aliphatic carbocycles. The molecule has 0 radical (unpaired) electrons. The van der Waals surface area contributed by atoms with Crippen LogP contribution in [0.1, 0.15) is 29.7 Å². The molecular formula is C17H19FN2. The van der Waals surface area contributed by atoms with E-state index < -0.39 is 0 Å². The van der Waals surface area contributed by atoms with Crippen molar-refractivity contribution in [2.45, 2.75) is 25.9 Å². The minimum atomic E-state index is -0.224. The summed E-state index contributed by atoms with van der Waals surface area (Å²) in [7, 11) is 0. The third kappa shape index (κ3) is 2.41. The second-order valence-corrected chi connectivity index (χ2v) is 5.43. The average molecular weight is 270 g/mol. The van der Waals surface area contributed by atoms with Gasteiger partial charge in [-0.3, -0.25) is 0 Å². The number of nitrogens with two attached hydrogens (primary N) is 1. The van der Waals surface area contributed by atoms with Crippen molar-refractivity contribution >= 4 is 5.69 Å². The molecule has 3 heteroatoms. The van der Waals surface area contributed by atoms with Crippen molar-refractivity contribution in [2.75, 3.05) is 11.4 Å². The van der Waals surface area contributed by atoms with Gasteiger partial charge in [0.15, 0.2) is 0 Å². The van der Waals surface area contributed by atoms with E-state index in [2.05, 4.69) is 29.2 Å². The third-order valence-corrected chi connectivity index (χ3v) is 3.95. The summed E-state index contributed by atoms with van der Waals surface area (Å²) in [6.45, 7) is 3.71. The Morgan fingerprint density at radius 3 is 2.65 bits per heavy atom. The van der Waals surface area contributed by atoms with E-state index in [9.17, 15) is 4.39 Å². The molecule has 2 aromatic carbocycles. The van der Waals surface area contributed by atoms with Gasteiger partial charge in [-0.15, -0.1) is 0 Å². The Labute approximate surface area is 119 Å². The Morgan fingerprint density at radius 2 is 1.90 bits per heavy atom. The monoisotopic (exact) mass is 270 g/mol. The molecule has 2 nitrogen and oxygen atoms in total. The van der Waals surface area contributed by atoms with Gasteiger partial charge in [0.2, 0.25) is 0 Å². The van der Waals surface area contributed by atoms with E-state index >= 15 is 0 Å². The van der Waals surface area contributed by atoms with Crippen molar-refractivity contribution in [3.05, 3.63) is 65.0 Å². The zero-order valence-corrected chi connectivity index (χ0v) is 11.6. The lowest BCUT2D eigenvalue weighted by atomic mass is 9.97. The van der Waals surface area contributed by atoms with Crippen molar-refractivity contribution in [2.24, 2.45) is 5.73 Å². The molecule has 1 heterocycles. The molecule has 1 aliphatic heterocycles. The molecule has 0 amide bonds. The second kappa shape index (κ2) is 5.25. The van der Waals surface area contributed by atoms with E-state index in [-0.39, 0.29) is 11.9 Å². The fourth-order valence-electron chi connectivity index (χ4n) is 2.88. The fourth-order valence-corrected chi connectivity index (χ4v) is 2.88. The molecule has 2 N–H and O–H groups in total. The molecule has 0 unspecified atom stereocenters. The SMILES string of the molecule is C[C@@H](N)c1cc(F)ccc1N1CCc2ccccc2C1. The van der Waals surface area contributed by atoms with Gasteiger partial charge in [0.05, 0.1) is 0 Å². The molecular weight excluding hydrogens is 251 g/mol. The van der Waals surface area contributed by atoms with Crippen molar-refractivity contribution < 1.29 is 4.39 Å². The van der Waals surface area contributed by atoms with Crippen LogP contribution in [-0.2, 0) is 13.0 Å². The van der Waals surface area contributed by atoms with Gasteiger partial charge in [0.1, 0.15) is 5.82 Å². The quantitative estimate of drug-likeness (QED) is 0.906. The summed E-state index contributed by atoms with van der Waals surface area (Å²) >= 11 is 0. The lowest BCUT2D eigenvalue weighted by Crippen LogP contribution is -2.31. The van der Waals surface area contributed by atoms with Crippen LogP contribution in [-0.4, -0.2) is 6.54 Å². The summed E-state index contributed by atoms with van der Waals surface area (Å²) < 4.78 is 13.4. The topological polar surface area (TPSA) is 29.3 Å². The molecule has 1 aliphatic rings. The molecule has 20 heavy (non-hydrogen) atoms. The van der Waals surface area contributed by atoms with E-state index in [1.54, 1.807) is 6.07 Å². The Balaban J connectivity index is 1.95. The summed E-state index contributed by atoms with van der Waals surface area (Å²) in [5.41, 5.74) is 10.7. The molecule has 0 spiro atoms. The highest BCUT2D eigenvalue weighted by Crippen LogP contribution is 2.30. The largest absolute Gasteiger partial charge is 0.367 e. The fraction of sp³-hybridized carbons (Fsp3) is 0.294. The van der Waals surface area contributed by atoms with Gasteiger partial charge in [-0.05, 0) is 48.2 Å². The maximum atomic E-state index is 13.4. The van der Waals surface area contributed by atoms with E-state index in [0.717, 1.165) is 30.8 Å². The first-order chi connectivity index (χ1) is 9.65. The number of hydrogen-bond acceptors (Lipinski definition) is 2. The minimum absolute atomic E-state index is 0.169. The van der Waals surface area contributed by atoms with Gasteiger partial charge in [-0.2, -0.15) is 0 Å². The lowest BCUT2D eigenvalue weighted by Gasteiger charge is -2.33. The number of rotatable bonds is 2. The third-order valence-electron chi connectivity index (χ3n) is 3.95. The first kappa shape index (κ1) is 13.1. The summed E-state index contributed by atoms with van der Waals surface area (Å²) in [5, 5.41) is 0. The molecule has 0 bridgehead atoms. The van der Waals surface area contributed by atoms with Gasteiger partial charge in [0.25, 0.3) is 0 Å². The molecule has 3 rings (SSSR count). The smallest absolute Gasteiger partial charge is 0.123 e. The molecule has 0 saturated heterocycles. The average Bonchev–Trinajstić information content (AvgIpc) is 2.46. The van der Waals surface area contributed by atoms with Gasteiger partial charge in [0, 0.05) is 24.8 Å². The van der Waals surface area contributed by atoms with Crippen LogP contribution in [0, 0.1) is 5.82 Å². The number of nitrogens with zero attached hydrogens (tertiary/aromatic N) is 1. The van der Waals surface area contributed by atoms with Gasteiger partial charge in [-0.25, -0.2) is 4.39 Å². The van der Waals surface area contributed by atoms with Crippen molar-refractivity contribution in [3.8, 4) is 0 Å². The molecule has 104 valence electrons. The normalized spacial score (nSPS) is 15.8. The van der Waals surface area contributed by atoms with E-state index in [4.69, 9.17) is 5.73 Å². The summed E-state index contributed by atoms with van der Waals surface area (Å²) in [4.78, 5) is 2.29. The first-order valence-electron chi connectivity index (χ1n) is 7.02. The standard InChI is InChI=1S/C17H19FN2/c1-12(19)16-10-15(18)6-7-17(16)20-9-8-13-4-2-3-5-14(13)11-20/h2-7,10,12H,8-9,11,19H2,1H3/t12-/m1/s1. The molecule has 2 aromatic rings. The van der Waals surface area contributed by atoms with Crippen molar-refractivity contribution in [3.63, 3.8) is 0 Å². The maximum Gasteiger partial charge on any atom is 0.123 e. The van der Waals surface area contributed by atoms with E-state index in [1.165, 1.54) is 17.2 Å². The van der Waals surface area contributed by atoms with Crippen LogP contribution < -0.4 is 10.6 Å². The Morgan fingerprint density at radius 1 is 1.15 bits per heavy atom. The van der Waals surface area contributed by atoms with Crippen LogP contribution in [0.15, 0.2) is 42.5 Å². The predicted molar refractivity (Wildman–Crippen MR) is 80.2 cm³/mol. The molecule has 0 aromatic heterocycles. The number of fused-ring (bicyclic) bond motifs is 1. The maximum absolute atomic E-state index is 13.4. The highest BCUT2D eigenvalue weighted by molar-refractivity contribution is 5.56. The van der Waals surface area contributed by atoms with Crippen LogP contribution in [0.4, 0.5) is 10.1 Å². The zero-order valence-electron chi connectivity index (χ0n) is 11.6. The summed E-state index contributed by atoms with van der Waals surface area (Å²) in [5.74, 6) is -0.224. The highest BCUT2D eigenvalue weighted by atomic mass is 19.1. The van der Waals surface area contributed by atoms with E-state index in [0.29, 0.717) is 0 Å². The van der Waals surface area contributed by atoms with Gasteiger partial charge in [-0.1, -0.05) is 24.3 Å². The molecule has 0 saturated carbocycles. The predicted octanol–water partition coefficient (Wildman–Crippen LogP) is 3.41. The molecule has 0 fully saturated rings. The Bertz CT molecular complexity index is 622. The van der Waals surface area contributed by atoms with Crippen LogP contribution in [0.3, 0.4) is 0 Å². The van der Waals surface area contributed by atoms with Crippen molar-refractivity contribution in [1.82, 2.24) is 0 Å². The Hall–Kier alpha value is -1.87. The van der Waals surface area contributed by atoms with Crippen LogP contribution in [0.2, 0.25) is 0 Å². The summed E-state index contributed by atoms with van der Waals surface area (Å²) in [6.07, 6.45) is 1.02.